The maximum atomic E-state index is 13.2. The van der Waals surface area contributed by atoms with Crippen LogP contribution in [0.3, 0.4) is 0 Å². The molecule has 2 aromatic rings. The molecule has 2 unspecified atom stereocenters. The topological polar surface area (TPSA) is 125 Å². The Balaban J connectivity index is 1.42. The highest BCUT2D eigenvalue weighted by Gasteiger charge is 2.44. The predicted molar refractivity (Wildman–Crippen MR) is 122 cm³/mol. The molecule has 2 saturated heterocycles. The predicted octanol–water partition coefficient (Wildman–Crippen LogP) is 1.29. The number of imide groups is 2. The lowest BCUT2D eigenvalue weighted by atomic mass is 10.0. The van der Waals surface area contributed by atoms with E-state index in [2.05, 4.69) is 25.5 Å². The van der Waals surface area contributed by atoms with Gasteiger partial charge in [0.25, 0.3) is 11.8 Å². The minimum absolute atomic E-state index is 0.0834. The molecule has 3 aliphatic rings. The zero-order chi connectivity index (χ0) is 23.8. The standard InChI is InChI=1S/C23H23ClN6O4/c24-18-10-26-11-19(27-18)29(14-2-1-7-25-9-14)12-13-3-4-15-16(8-13)23(34)30(22(15)33)17-5-6-20(31)28-21(17)32/h3-4,8,10-11,14,17,25H,1-2,5-7,9,12H2,(H,28,31,32). The van der Waals surface area contributed by atoms with Crippen LogP contribution in [0.5, 0.6) is 0 Å². The first-order valence-corrected chi connectivity index (χ1v) is 11.6. The molecular formula is C23H23ClN6O4. The van der Waals surface area contributed by atoms with Gasteiger partial charge in [0.15, 0.2) is 0 Å². The number of aromatic nitrogens is 2. The number of rotatable bonds is 5. The lowest BCUT2D eigenvalue weighted by Crippen LogP contribution is -2.54. The molecule has 176 valence electrons. The number of amides is 4. The summed E-state index contributed by atoms with van der Waals surface area (Å²) in [6.07, 6.45) is 5.33. The Kier molecular flexibility index (Phi) is 6.01. The van der Waals surface area contributed by atoms with Gasteiger partial charge in [0, 0.05) is 25.6 Å². The van der Waals surface area contributed by atoms with Crippen LogP contribution in [-0.4, -0.2) is 63.7 Å². The van der Waals surface area contributed by atoms with E-state index in [1.54, 1.807) is 24.4 Å². The number of piperidine rings is 2. The Morgan fingerprint density at radius 1 is 1.09 bits per heavy atom. The highest BCUT2D eigenvalue weighted by Crippen LogP contribution is 2.30. The first kappa shape index (κ1) is 22.4. The van der Waals surface area contributed by atoms with Gasteiger partial charge in [-0.05, 0) is 43.5 Å². The molecule has 4 amide bonds. The molecule has 1 aromatic heterocycles. The summed E-state index contributed by atoms with van der Waals surface area (Å²) >= 11 is 6.10. The number of benzene rings is 1. The highest BCUT2D eigenvalue weighted by molar-refractivity contribution is 6.29. The van der Waals surface area contributed by atoms with Crippen molar-refractivity contribution in [1.82, 2.24) is 25.5 Å². The van der Waals surface area contributed by atoms with Crippen LogP contribution in [0.15, 0.2) is 30.6 Å². The van der Waals surface area contributed by atoms with Gasteiger partial charge in [-0.25, -0.2) is 4.98 Å². The number of halogens is 1. The summed E-state index contributed by atoms with van der Waals surface area (Å²) < 4.78 is 0. The fraction of sp³-hybridized carbons (Fsp3) is 0.391. The van der Waals surface area contributed by atoms with Crippen molar-refractivity contribution in [2.75, 3.05) is 18.0 Å². The summed E-state index contributed by atoms with van der Waals surface area (Å²) in [6, 6.07) is 4.30. The van der Waals surface area contributed by atoms with Crippen molar-refractivity contribution in [3.63, 3.8) is 0 Å². The van der Waals surface area contributed by atoms with Crippen molar-refractivity contribution >= 4 is 41.0 Å². The third kappa shape index (κ3) is 4.14. The van der Waals surface area contributed by atoms with Gasteiger partial charge in [0.2, 0.25) is 11.8 Å². The quantitative estimate of drug-likeness (QED) is 0.611. The molecule has 1 aromatic carbocycles. The van der Waals surface area contributed by atoms with Gasteiger partial charge in [0.05, 0.1) is 23.5 Å². The minimum atomic E-state index is -0.986. The third-order valence-corrected chi connectivity index (χ3v) is 6.64. The van der Waals surface area contributed by atoms with Gasteiger partial charge in [0.1, 0.15) is 17.0 Å². The fourth-order valence-electron chi connectivity index (χ4n) is 4.78. The Bertz CT molecular complexity index is 1180. The SMILES string of the molecule is O=C1CCC(N2C(=O)c3ccc(CN(c4cncc(Cl)n4)C4CCCNC4)cc3C2=O)C(=O)N1. The smallest absolute Gasteiger partial charge is 0.262 e. The molecule has 10 nitrogen and oxygen atoms in total. The van der Waals surface area contributed by atoms with E-state index >= 15 is 0 Å². The average Bonchev–Trinajstić information content (AvgIpc) is 3.08. The maximum absolute atomic E-state index is 13.2. The molecule has 3 aliphatic heterocycles. The first-order valence-electron chi connectivity index (χ1n) is 11.2. The number of anilines is 1. The Hall–Kier alpha value is -3.37. The Morgan fingerprint density at radius 2 is 1.91 bits per heavy atom. The second-order valence-electron chi connectivity index (χ2n) is 8.66. The van der Waals surface area contributed by atoms with Gasteiger partial charge < -0.3 is 10.2 Å². The van der Waals surface area contributed by atoms with E-state index < -0.39 is 29.7 Å². The molecular weight excluding hydrogens is 460 g/mol. The summed E-state index contributed by atoms with van der Waals surface area (Å²) in [5.41, 5.74) is 1.33. The lowest BCUT2D eigenvalue weighted by Gasteiger charge is -2.35. The molecule has 0 radical (unpaired) electrons. The molecule has 0 aliphatic carbocycles. The molecule has 0 saturated carbocycles. The molecule has 11 heteroatoms. The van der Waals surface area contributed by atoms with Crippen molar-refractivity contribution in [2.45, 2.75) is 44.3 Å². The van der Waals surface area contributed by atoms with Gasteiger partial charge in [-0.1, -0.05) is 17.7 Å². The lowest BCUT2D eigenvalue weighted by molar-refractivity contribution is -0.136. The van der Waals surface area contributed by atoms with Gasteiger partial charge in [-0.2, -0.15) is 0 Å². The van der Waals surface area contributed by atoms with Crippen LogP contribution in [0.25, 0.3) is 0 Å². The molecule has 2 fully saturated rings. The number of carbonyl (C=O) groups is 4. The fourth-order valence-corrected chi connectivity index (χ4v) is 4.92. The Labute approximate surface area is 200 Å². The van der Waals surface area contributed by atoms with E-state index in [-0.39, 0.29) is 30.0 Å². The largest absolute Gasteiger partial charge is 0.347 e. The van der Waals surface area contributed by atoms with E-state index in [0.29, 0.717) is 17.5 Å². The normalized spacial score (nSPS) is 22.6. The molecule has 34 heavy (non-hydrogen) atoms. The van der Waals surface area contributed by atoms with Crippen molar-refractivity contribution in [3.05, 3.63) is 52.4 Å². The number of nitrogens with zero attached hydrogens (tertiary/aromatic N) is 4. The van der Waals surface area contributed by atoms with Crippen molar-refractivity contribution in [2.24, 2.45) is 0 Å². The average molecular weight is 483 g/mol. The summed E-state index contributed by atoms with van der Waals surface area (Å²) in [4.78, 5) is 61.6. The van der Waals surface area contributed by atoms with Crippen LogP contribution in [-0.2, 0) is 16.1 Å². The third-order valence-electron chi connectivity index (χ3n) is 6.46. The van der Waals surface area contributed by atoms with E-state index in [1.807, 2.05) is 0 Å². The zero-order valence-corrected chi connectivity index (χ0v) is 19.0. The van der Waals surface area contributed by atoms with Crippen LogP contribution in [0.1, 0.15) is 52.0 Å². The van der Waals surface area contributed by atoms with Crippen LogP contribution < -0.4 is 15.5 Å². The molecule has 0 bridgehead atoms. The minimum Gasteiger partial charge on any atom is -0.347 e. The van der Waals surface area contributed by atoms with Crippen LogP contribution in [0.2, 0.25) is 5.15 Å². The van der Waals surface area contributed by atoms with Crippen LogP contribution in [0, 0.1) is 0 Å². The second-order valence-corrected chi connectivity index (χ2v) is 9.04. The van der Waals surface area contributed by atoms with Crippen molar-refractivity contribution < 1.29 is 19.2 Å². The molecule has 2 N–H and O–H groups in total. The van der Waals surface area contributed by atoms with Gasteiger partial charge in [-0.15, -0.1) is 0 Å². The van der Waals surface area contributed by atoms with Gasteiger partial charge >= 0.3 is 0 Å². The number of fused-ring (bicyclic) bond motifs is 1. The molecule has 0 spiro atoms. The summed E-state index contributed by atoms with van der Waals surface area (Å²) in [5.74, 6) is -1.43. The number of nitrogens with one attached hydrogen (secondary N) is 2. The number of carbonyl (C=O) groups excluding carboxylic acids is 4. The first-order chi connectivity index (χ1) is 16.4. The Morgan fingerprint density at radius 3 is 2.65 bits per heavy atom. The molecule has 4 heterocycles. The summed E-state index contributed by atoms with van der Waals surface area (Å²) in [6.45, 7) is 2.17. The molecule has 2 atom stereocenters. The van der Waals surface area contributed by atoms with Crippen LogP contribution >= 0.6 is 11.6 Å². The maximum Gasteiger partial charge on any atom is 0.262 e. The molecule has 5 rings (SSSR count). The van der Waals surface area contributed by atoms with Crippen LogP contribution in [0.4, 0.5) is 5.82 Å². The van der Waals surface area contributed by atoms with Crippen molar-refractivity contribution in [1.29, 1.82) is 0 Å². The van der Waals surface area contributed by atoms with E-state index in [1.165, 1.54) is 6.20 Å². The summed E-state index contributed by atoms with van der Waals surface area (Å²) in [5, 5.41) is 5.90. The van der Waals surface area contributed by atoms with Gasteiger partial charge in [-0.3, -0.25) is 34.4 Å². The van der Waals surface area contributed by atoms with Crippen molar-refractivity contribution in [3.8, 4) is 0 Å². The number of hydrogen-bond donors (Lipinski definition) is 2. The van der Waals surface area contributed by atoms with E-state index in [9.17, 15) is 19.2 Å². The number of hydrogen-bond acceptors (Lipinski definition) is 8. The highest BCUT2D eigenvalue weighted by atomic mass is 35.5. The monoisotopic (exact) mass is 482 g/mol. The van der Waals surface area contributed by atoms with E-state index in [4.69, 9.17) is 11.6 Å². The zero-order valence-electron chi connectivity index (χ0n) is 18.3. The second kappa shape index (κ2) is 9.11. The summed E-state index contributed by atoms with van der Waals surface area (Å²) in [7, 11) is 0. The van der Waals surface area contributed by atoms with E-state index in [0.717, 1.165) is 36.4 Å².